The van der Waals surface area contributed by atoms with Crippen molar-refractivity contribution in [3.63, 3.8) is 0 Å². The first-order chi connectivity index (χ1) is 7.93. The van der Waals surface area contributed by atoms with Crippen LogP contribution in [0.4, 0.5) is 0 Å². The van der Waals surface area contributed by atoms with Crippen molar-refractivity contribution in [2.45, 2.75) is 25.1 Å². The van der Waals surface area contributed by atoms with Gasteiger partial charge in [0, 0.05) is 18.0 Å². The van der Waals surface area contributed by atoms with Crippen LogP contribution in [0.1, 0.15) is 24.3 Å². The van der Waals surface area contributed by atoms with Crippen LogP contribution in [0.15, 0.2) is 10.9 Å². The number of rotatable bonds is 1. The van der Waals surface area contributed by atoms with Gasteiger partial charge in [-0.25, -0.2) is 13.4 Å². The highest BCUT2D eigenvalue weighted by Crippen LogP contribution is 2.21. The standard InChI is InChI=1S/C10H14N2O3S2/c1-7-8(2)17(14,15)4-3-12(7)10(13)9-5-16-6-11-9/h5-8H,3-4H2,1-2H3/t7-,8+/m1/s1. The van der Waals surface area contributed by atoms with Gasteiger partial charge < -0.3 is 4.90 Å². The summed E-state index contributed by atoms with van der Waals surface area (Å²) < 4.78 is 23.4. The van der Waals surface area contributed by atoms with Crippen molar-refractivity contribution in [2.75, 3.05) is 12.3 Å². The fraction of sp³-hybridized carbons (Fsp3) is 0.600. The summed E-state index contributed by atoms with van der Waals surface area (Å²) >= 11 is 1.36. The lowest BCUT2D eigenvalue weighted by molar-refractivity contribution is 0.0688. The van der Waals surface area contributed by atoms with E-state index in [0.717, 1.165) is 0 Å². The van der Waals surface area contributed by atoms with E-state index in [2.05, 4.69) is 4.98 Å². The Labute approximate surface area is 104 Å². The molecule has 0 unspecified atom stereocenters. The maximum absolute atomic E-state index is 12.1. The Bertz CT molecular complexity index is 510. The molecule has 1 aromatic rings. The summed E-state index contributed by atoms with van der Waals surface area (Å²) in [5.74, 6) is -0.144. The van der Waals surface area contributed by atoms with Crippen LogP contribution in [0.3, 0.4) is 0 Å². The molecule has 1 aromatic heterocycles. The van der Waals surface area contributed by atoms with Gasteiger partial charge in [0.05, 0.1) is 16.5 Å². The summed E-state index contributed by atoms with van der Waals surface area (Å²) in [6.07, 6.45) is 0. The fourth-order valence-corrected chi connectivity index (χ4v) is 4.02. The van der Waals surface area contributed by atoms with E-state index in [9.17, 15) is 13.2 Å². The molecule has 0 spiro atoms. The smallest absolute Gasteiger partial charge is 0.273 e. The van der Waals surface area contributed by atoms with Crippen molar-refractivity contribution < 1.29 is 13.2 Å². The Balaban J connectivity index is 2.22. The zero-order valence-electron chi connectivity index (χ0n) is 9.66. The van der Waals surface area contributed by atoms with Gasteiger partial charge in [-0.15, -0.1) is 11.3 Å². The molecule has 2 rings (SSSR count). The average Bonchev–Trinajstić information content (AvgIpc) is 2.79. The van der Waals surface area contributed by atoms with Crippen molar-refractivity contribution in [3.8, 4) is 0 Å². The number of amides is 1. The molecule has 0 aromatic carbocycles. The van der Waals surface area contributed by atoms with E-state index in [1.165, 1.54) is 11.3 Å². The van der Waals surface area contributed by atoms with E-state index in [-0.39, 0.29) is 24.2 Å². The molecule has 0 N–H and O–H groups in total. The van der Waals surface area contributed by atoms with Gasteiger partial charge in [-0.05, 0) is 13.8 Å². The predicted molar refractivity (Wildman–Crippen MR) is 65.9 cm³/mol. The van der Waals surface area contributed by atoms with E-state index in [0.29, 0.717) is 5.69 Å². The van der Waals surface area contributed by atoms with Crippen LogP contribution in [-0.2, 0) is 9.84 Å². The Morgan fingerprint density at radius 3 is 2.82 bits per heavy atom. The van der Waals surface area contributed by atoms with E-state index >= 15 is 0 Å². The summed E-state index contributed by atoms with van der Waals surface area (Å²) in [7, 11) is -3.06. The molecule has 2 heterocycles. The molecular weight excluding hydrogens is 260 g/mol. The number of sulfone groups is 1. The fourth-order valence-electron chi connectivity index (χ4n) is 1.92. The zero-order valence-corrected chi connectivity index (χ0v) is 11.3. The molecule has 1 saturated heterocycles. The molecule has 7 heteroatoms. The lowest BCUT2D eigenvalue weighted by atomic mass is 10.2. The molecule has 0 bridgehead atoms. The van der Waals surface area contributed by atoms with Crippen LogP contribution in [-0.4, -0.2) is 47.8 Å². The summed E-state index contributed by atoms with van der Waals surface area (Å²) in [5, 5.41) is 1.17. The van der Waals surface area contributed by atoms with Gasteiger partial charge >= 0.3 is 0 Å². The molecule has 0 saturated carbocycles. The van der Waals surface area contributed by atoms with Crippen molar-refractivity contribution in [1.29, 1.82) is 0 Å². The van der Waals surface area contributed by atoms with E-state index in [1.807, 2.05) is 0 Å². The van der Waals surface area contributed by atoms with Gasteiger partial charge in [0.15, 0.2) is 9.84 Å². The Hall–Kier alpha value is -0.950. The summed E-state index contributed by atoms with van der Waals surface area (Å²) in [5.41, 5.74) is 2.00. The number of nitrogens with zero attached hydrogens (tertiary/aromatic N) is 2. The summed E-state index contributed by atoms with van der Waals surface area (Å²) in [6.45, 7) is 3.68. The second-order valence-corrected chi connectivity index (χ2v) is 7.38. The number of hydrogen-bond donors (Lipinski definition) is 0. The molecule has 1 amide bonds. The first-order valence-electron chi connectivity index (χ1n) is 5.34. The van der Waals surface area contributed by atoms with Crippen LogP contribution in [0, 0.1) is 0 Å². The number of hydrogen-bond acceptors (Lipinski definition) is 5. The molecule has 0 radical (unpaired) electrons. The Morgan fingerprint density at radius 2 is 2.24 bits per heavy atom. The van der Waals surface area contributed by atoms with Gasteiger partial charge in [-0.1, -0.05) is 0 Å². The molecule has 0 aliphatic carbocycles. The van der Waals surface area contributed by atoms with Gasteiger partial charge in [0.25, 0.3) is 5.91 Å². The van der Waals surface area contributed by atoms with Crippen LogP contribution < -0.4 is 0 Å². The zero-order chi connectivity index (χ0) is 12.6. The summed E-state index contributed by atoms with van der Waals surface area (Å²) in [4.78, 5) is 17.7. The maximum atomic E-state index is 12.1. The number of aromatic nitrogens is 1. The minimum atomic E-state index is -3.06. The van der Waals surface area contributed by atoms with Crippen LogP contribution >= 0.6 is 11.3 Å². The molecule has 2 atom stereocenters. The predicted octanol–water partition coefficient (Wildman–Crippen LogP) is 0.791. The normalized spacial score (nSPS) is 28.0. The van der Waals surface area contributed by atoms with E-state index < -0.39 is 15.1 Å². The number of carbonyl (C=O) groups is 1. The van der Waals surface area contributed by atoms with Crippen LogP contribution in [0.25, 0.3) is 0 Å². The maximum Gasteiger partial charge on any atom is 0.273 e. The molecular formula is C10H14N2O3S2. The highest BCUT2D eigenvalue weighted by molar-refractivity contribution is 7.92. The van der Waals surface area contributed by atoms with Crippen LogP contribution in [0.5, 0.6) is 0 Å². The largest absolute Gasteiger partial charge is 0.332 e. The Morgan fingerprint density at radius 1 is 1.53 bits per heavy atom. The SMILES string of the molecule is C[C@@H]1[C@H](C)S(=O)(=O)CCN1C(=O)c1cscn1. The van der Waals surface area contributed by atoms with Crippen molar-refractivity contribution in [2.24, 2.45) is 0 Å². The molecule has 17 heavy (non-hydrogen) atoms. The van der Waals surface area contributed by atoms with E-state index in [1.54, 1.807) is 29.6 Å². The van der Waals surface area contributed by atoms with Gasteiger partial charge in [0.2, 0.25) is 0 Å². The minimum Gasteiger partial charge on any atom is -0.332 e. The molecule has 1 fully saturated rings. The monoisotopic (exact) mass is 274 g/mol. The molecule has 94 valence electrons. The van der Waals surface area contributed by atoms with Gasteiger partial charge in [-0.3, -0.25) is 4.79 Å². The third-order valence-electron chi connectivity index (χ3n) is 3.27. The van der Waals surface area contributed by atoms with Gasteiger partial charge in [0.1, 0.15) is 5.69 Å². The van der Waals surface area contributed by atoms with E-state index in [4.69, 9.17) is 0 Å². The highest BCUT2D eigenvalue weighted by atomic mass is 32.2. The second-order valence-electron chi connectivity index (χ2n) is 4.18. The third-order valence-corrected chi connectivity index (χ3v) is 6.13. The second kappa shape index (κ2) is 4.38. The Kier molecular flexibility index (Phi) is 3.22. The minimum absolute atomic E-state index is 0.0361. The quantitative estimate of drug-likeness (QED) is 0.759. The van der Waals surface area contributed by atoms with Crippen molar-refractivity contribution in [1.82, 2.24) is 9.88 Å². The average molecular weight is 274 g/mol. The van der Waals surface area contributed by atoms with Crippen molar-refractivity contribution in [3.05, 3.63) is 16.6 Å². The lowest BCUT2D eigenvalue weighted by Crippen LogP contribution is -2.54. The molecule has 1 aliphatic rings. The lowest BCUT2D eigenvalue weighted by Gasteiger charge is -2.37. The summed E-state index contributed by atoms with van der Waals surface area (Å²) in [6, 6.07) is -0.303. The topological polar surface area (TPSA) is 67.3 Å². The van der Waals surface area contributed by atoms with Crippen molar-refractivity contribution >= 4 is 27.1 Å². The first-order valence-corrected chi connectivity index (χ1v) is 8.00. The molecule has 1 aliphatic heterocycles. The first kappa shape index (κ1) is 12.5. The highest BCUT2D eigenvalue weighted by Gasteiger charge is 2.38. The number of thiazole rings is 1. The van der Waals surface area contributed by atoms with Crippen LogP contribution in [0.2, 0.25) is 0 Å². The third kappa shape index (κ3) is 2.21. The molecule has 5 nitrogen and oxygen atoms in total. The van der Waals surface area contributed by atoms with Gasteiger partial charge in [-0.2, -0.15) is 0 Å². The number of carbonyl (C=O) groups excluding carboxylic acids is 1.